The van der Waals surface area contributed by atoms with Crippen LogP contribution in [0, 0.1) is 0 Å². The fourth-order valence-electron chi connectivity index (χ4n) is 4.31. The molecule has 3 aromatic rings. The normalized spacial score (nSPS) is 17.9. The van der Waals surface area contributed by atoms with Gasteiger partial charge in [-0.15, -0.1) is 0 Å². The van der Waals surface area contributed by atoms with Crippen LogP contribution in [-0.4, -0.2) is 25.8 Å². The molecule has 0 unspecified atom stereocenters. The Kier molecular flexibility index (Phi) is 4.97. The van der Waals surface area contributed by atoms with Gasteiger partial charge in [0.15, 0.2) is 0 Å². The fourth-order valence-corrected chi connectivity index (χ4v) is 4.43. The van der Waals surface area contributed by atoms with Crippen molar-refractivity contribution in [1.82, 2.24) is 0 Å². The zero-order valence-corrected chi connectivity index (χ0v) is 17.7. The predicted octanol–water partition coefficient (Wildman–Crippen LogP) is 5.19. The van der Waals surface area contributed by atoms with Crippen molar-refractivity contribution in [2.45, 2.75) is 18.1 Å². The number of para-hydroxylation sites is 2. The standard InChI is InChI=1S/C25H21ClO5/c1-2-28-23(27)25(17-11-13-18(26)14-12-17)29-15-24(16-30-25)19-7-3-5-9-21(19)31-22-10-6-4-8-20(22)24/h3-14H,2,15-16H2,1H3. The molecular formula is C25H21ClO5. The second-order valence-corrected chi connectivity index (χ2v) is 8.03. The average Bonchev–Trinajstić information content (AvgIpc) is 2.81. The van der Waals surface area contributed by atoms with Gasteiger partial charge < -0.3 is 18.9 Å². The lowest BCUT2D eigenvalue weighted by atomic mass is 9.72. The first-order valence-corrected chi connectivity index (χ1v) is 10.5. The summed E-state index contributed by atoms with van der Waals surface area (Å²) in [5, 5.41) is 0.558. The number of carbonyl (C=O) groups excluding carboxylic acids is 1. The van der Waals surface area contributed by atoms with Gasteiger partial charge in [0, 0.05) is 21.7 Å². The Balaban J connectivity index is 1.59. The molecule has 158 valence electrons. The van der Waals surface area contributed by atoms with Crippen LogP contribution in [0.1, 0.15) is 23.6 Å². The first-order chi connectivity index (χ1) is 15.1. The molecule has 3 aromatic carbocycles. The summed E-state index contributed by atoms with van der Waals surface area (Å²) in [6.07, 6.45) is 0. The first-order valence-electron chi connectivity index (χ1n) is 10.2. The molecule has 0 bridgehead atoms. The van der Waals surface area contributed by atoms with Crippen LogP contribution in [0.4, 0.5) is 0 Å². The van der Waals surface area contributed by atoms with E-state index in [-0.39, 0.29) is 19.8 Å². The molecule has 1 spiro atoms. The molecule has 1 fully saturated rings. The van der Waals surface area contributed by atoms with E-state index in [4.69, 9.17) is 30.5 Å². The maximum atomic E-state index is 13.0. The monoisotopic (exact) mass is 436 g/mol. The quantitative estimate of drug-likeness (QED) is 0.528. The van der Waals surface area contributed by atoms with E-state index in [1.54, 1.807) is 31.2 Å². The van der Waals surface area contributed by atoms with Crippen molar-refractivity contribution in [3.8, 4) is 11.5 Å². The lowest BCUT2D eigenvalue weighted by Crippen LogP contribution is -2.55. The van der Waals surface area contributed by atoms with Crippen molar-refractivity contribution in [3.63, 3.8) is 0 Å². The van der Waals surface area contributed by atoms with E-state index in [2.05, 4.69) is 0 Å². The molecule has 0 saturated carbocycles. The molecule has 0 N–H and O–H groups in total. The van der Waals surface area contributed by atoms with E-state index in [9.17, 15) is 4.79 Å². The van der Waals surface area contributed by atoms with Crippen LogP contribution >= 0.6 is 11.6 Å². The van der Waals surface area contributed by atoms with E-state index >= 15 is 0 Å². The van der Waals surface area contributed by atoms with Crippen LogP contribution < -0.4 is 4.74 Å². The van der Waals surface area contributed by atoms with Gasteiger partial charge in [-0.2, -0.15) is 0 Å². The number of esters is 1. The lowest BCUT2D eigenvalue weighted by molar-refractivity contribution is -0.290. The van der Waals surface area contributed by atoms with Crippen molar-refractivity contribution >= 4 is 17.6 Å². The summed E-state index contributed by atoms with van der Waals surface area (Å²) in [6.45, 7) is 2.39. The third-order valence-electron chi connectivity index (χ3n) is 5.84. The van der Waals surface area contributed by atoms with Crippen molar-refractivity contribution in [2.75, 3.05) is 19.8 Å². The number of ether oxygens (including phenoxy) is 4. The second-order valence-electron chi connectivity index (χ2n) is 7.60. The summed E-state index contributed by atoms with van der Waals surface area (Å²) in [7, 11) is 0. The maximum absolute atomic E-state index is 13.0. The van der Waals surface area contributed by atoms with Crippen molar-refractivity contribution in [1.29, 1.82) is 0 Å². The molecule has 2 heterocycles. The number of benzene rings is 3. The van der Waals surface area contributed by atoms with E-state index in [0.717, 1.165) is 22.6 Å². The molecule has 5 rings (SSSR count). The topological polar surface area (TPSA) is 54.0 Å². The lowest BCUT2D eigenvalue weighted by Gasteiger charge is -2.47. The van der Waals surface area contributed by atoms with Gasteiger partial charge in [-0.3, -0.25) is 0 Å². The molecule has 5 nitrogen and oxygen atoms in total. The van der Waals surface area contributed by atoms with Gasteiger partial charge in [-0.1, -0.05) is 60.1 Å². The Morgan fingerprint density at radius 3 is 2.00 bits per heavy atom. The number of rotatable bonds is 3. The third kappa shape index (κ3) is 3.12. The zero-order valence-electron chi connectivity index (χ0n) is 17.0. The highest BCUT2D eigenvalue weighted by atomic mass is 35.5. The number of hydrogen-bond acceptors (Lipinski definition) is 5. The fraction of sp³-hybridized carbons (Fsp3) is 0.240. The molecule has 0 aromatic heterocycles. The van der Waals surface area contributed by atoms with Gasteiger partial charge in [-0.05, 0) is 31.2 Å². The molecule has 2 aliphatic rings. The molecule has 2 aliphatic heterocycles. The zero-order chi connectivity index (χ0) is 21.5. The first kappa shape index (κ1) is 20.1. The van der Waals surface area contributed by atoms with Gasteiger partial charge in [0.05, 0.1) is 25.2 Å². The summed E-state index contributed by atoms with van der Waals surface area (Å²) in [5.41, 5.74) is 1.84. The van der Waals surface area contributed by atoms with Gasteiger partial charge in [0.25, 0.3) is 5.79 Å². The highest BCUT2D eigenvalue weighted by Crippen LogP contribution is 2.52. The number of fused-ring (bicyclic) bond motifs is 4. The van der Waals surface area contributed by atoms with Crippen molar-refractivity contribution < 1.29 is 23.7 Å². The SMILES string of the molecule is CCOC(=O)C1(c2ccc(Cl)cc2)OCC2(CO1)c1ccccc1Oc1ccccc12. The van der Waals surface area contributed by atoms with Gasteiger partial charge >= 0.3 is 5.97 Å². The molecular weight excluding hydrogens is 416 g/mol. The summed E-state index contributed by atoms with van der Waals surface area (Å²) >= 11 is 6.05. The Morgan fingerprint density at radius 1 is 0.903 bits per heavy atom. The molecule has 1 saturated heterocycles. The van der Waals surface area contributed by atoms with Crippen LogP contribution in [0.2, 0.25) is 5.02 Å². The Bertz CT molecular complexity index is 1070. The van der Waals surface area contributed by atoms with Gasteiger partial charge in [0.2, 0.25) is 0 Å². The van der Waals surface area contributed by atoms with Crippen LogP contribution in [0.25, 0.3) is 0 Å². The smallest absolute Gasteiger partial charge is 0.372 e. The number of hydrogen-bond donors (Lipinski definition) is 0. The van der Waals surface area contributed by atoms with Crippen LogP contribution in [0.5, 0.6) is 11.5 Å². The maximum Gasteiger partial charge on any atom is 0.372 e. The molecule has 0 amide bonds. The van der Waals surface area contributed by atoms with Crippen LogP contribution in [0.3, 0.4) is 0 Å². The Hall–Kier alpha value is -2.86. The van der Waals surface area contributed by atoms with E-state index < -0.39 is 17.2 Å². The van der Waals surface area contributed by atoms with Crippen LogP contribution in [-0.2, 0) is 30.2 Å². The van der Waals surface area contributed by atoms with Crippen LogP contribution in [0.15, 0.2) is 72.8 Å². The van der Waals surface area contributed by atoms with Crippen molar-refractivity contribution in [3.05, 3.63) is 94.5 Å². The summed E-state index contributed by atoms with van der Waals surface area (Å²) in [4.78, 5) is 13.0. The second kappa shape index (κ2) is 7.68. The minimum Gasteiger partial charge on any atom is -0.462 e. The third-order valence-corrected chi connectivity index (χ3v) is 6.09. The predicted molar refractivity (Wildman–Crippen MR) is 115 cm³/mol. The molecule has 0 aliphatic carbocycles. The molecule has 0 atom stereocenters. The molecule has 0 radical (unpaired) electrons. The Labute approximate surface area is 185 Å². The number of carbonyl (C=O) groups is 1. The van der Waals surface area contributed by atoms with Gasteiger partial charge in [-0.25, -0.2) is 4.79 Å². The molecule has 31 heavy (non-hydrogen) atoms. The highest BCUT2D eigenvalue weighted by molar-refractivity contribution is 6.30. The molecule has 6 heteroatoms. The van der Waals surface area contributed by atoms with E-state index in [0.29, 0.717) is 10.6 Å². The summed E-state index contributed by atoms with van der Waals surface area (Å²) in [5.74, 6) is -0.735. The Morgan fingerprint density at radius 2 is 1.45 bits per heavy atom. The van der Waals surface area contributed by atoms with Gasteiger partial charge in [0.1, 0.15) is 11.5 Å². The highest BCUT2D eigenvalue weighted by Gasteiger charge is 2.55. The number of halogens is 1. The summed E-state index contributed by atoms with van der Waals surface area (Å²) < 4.78 is 24.1. The summed E-state index contributed by atoms with van der Waals surface area (Å²) in [6, 6.07) is 22.5. The minimum atomic E-state index is -1.66. The largest absolute Gasteiger partial charge is 0.462 e. The van der Waals surface area contributed by atoms with Crippen molar-refractivity contribution in [2.24, 2.45) is 0 Å². The van der Waals surface area contributed by atoms with E-state index in [1.165, 1.54) is 0 Å². The minimum absolute atomic E-state index is 0.214. The average molecular weight is 437 g/mol. The van der Waals surface area contributed by atoms with E-state index in [1.807, 2.05) is 48.5 Å².